The van der Waals surface area contributed by atoms with Crippen LogP contribution < -0.4 is 10.6 Å². The Balaban J connectivity index is 1.92. The van der Waals surface area contributed by atoms with Gasteiger partial charge in [-0.3, -0.25) is 9.59 Å². The Morgan fingerprint density at radius 3 is 2.18 bits per heavy atom. The van der Waals surface area contributed by atoms with Gasteiger partial charge in [0.25, 0.3) is 5.91 Å². The Hall–Kier alpha value is -2.62. The highest BCUT2D eigenvalue weighted by molar-refractivity contribution is 5.95. The highest BCUT2D eigenvalue weighted by atomic mass is 16.2. The number of nitrogens with one attached hydrogen (secondary N) is 2. The first kappa shape index (κ1) is 15.8. The molecule has 0 radical (unpaired) electrons. The molecule has 0 aliphatic heterocycles. The molecule has 2 aromatic carbocycles. The minimum atomic E-state index is -0.131. The van der Waals surface area contributed by atoms with E-state index in [9.17, 15) is 9.59 Å². The van der Waals surface area contributed by atoms with Gasteiger partial charge >= 0.3 is 0 Å². The molecule has 0 aromatic heterocycles. The van der Waals surface area contributed by atoms with E-state index in [0.717, 1.165) is 5.56 Å². The van der Waals surface area contributed by atoms with Gasteiger partial charge in [-0.2, -0.15) is 0 Å². The molecule has 2 amide bonds. The van der Waals surface area contributed by atoms with E-state index in [2.05, 4.69) is 10.6 Å². The molecule has 4 nitrogen and oxygen atoms in total. The maximum absolute atomic E-state index is 12.1. The quantitative estimate of drug-likeness (QED) is 0.889. The van der Waals surface area contributed by atoms with E-state index in [1.54, 1.807) is 31.2 Å². The first-order valence-corrected chi connectivity index (χ1v) is 7.32. The molecule has 0 atom stereocenters. The lowest BCUT2D eigenvalue weighted by atomic mass is 10.1. The summed E-state index contributed by atoms with van der Waals surface area (Å²) in [6.45, 7) is 4.32. The Kier molecular flexibility index (Phi) is 5.31. The van der Waals surface area contributed by atoms with Gasteiger partial charge in [0.2, 0.25) is 5.91 Å². The molecule has 2 aromatic rings. The topological polar surface area (TPSA) is 58.2 Å². The molecule has 0 fully saturated rings. The highest BCUT2D eigenvalue weighted by Gasteiger charge is 2.06. The van der Waals surface area contributed by atoms with Crippen molar-refractivity contribution < 1.29 is 9.59 Å². The van der Waals surface area contributed by atoms with Crippen LogP contribution in [0, 0.1) is 6.92 Å². The van der Waals surface area contributed by atoms with Crippen molar-refractivity contribution in [3.8, 4) is 0 Å². The van der Waals surface area contributed by atoms with Crippen LogP contribution in [0.4, 0.5) is 5.69 Å². The van der Waals surface area contributed by atoms with Gasteiger partial charge in [0, 0.05) is 24.2 Å². The van der Waals surface area contributed by atoms with Crippen LogP contribution in [0.1, 0.15) is 34.8 Å². The molecule has 0 aliphatic rings. The molecule has 0 saturated carbocycles. The molecule has 0 aliphatic carbocycles. The first-order chi connectivity index (χ1) is 10.6. The second kappa shape index (κ2) is 7.41. The Morgan fingerprint density at radius 2 is 1.59 bits per heavy atom. The summed E-state index contributed by atoms with van der Waals surface area (Å²) >= 11 is 0. The smallest absolute Gasteiger partial charge is 0.251 e. The Morgan fingerprint density at radius 1 is 0.955 bits per heavy atom. The number of amides is 2. The van der Waals surface area contributed by atoms with E-state index < -0.39 is 0 Å². The van der Waals surface area contributed by atoms with Gasteiger partial charge < -0.3 is 10.6 Å². The van der Waals surface area contributed by atoms with E-state index in [0.29, 0.717) is 24.2 Å². The molecule has 22 heavy (non-hydrogen) atoms. The van der Waals surface area contributed by atoms with Gasteiger partial charge in [0.15, 0.2) is 0 Å². The summed E-state index contributed by atoms with van der Waals surface area (Å²) in [5, 5.41) is 5.63. The summed E-state index contributed by atoms with van der Waals surface area (Å²) in [4.78, 5) is 23.4. The number of carbonyl (C=O) groups is 2. The van der Waals surface area contributed by atoms with Gasteiger partial charge in [0.1, 0.15) is 0 Å². The molecule has 2 rings (SSSR count). The van der Waals surface area contributed by atoms with Gasteiger partial charge in [-0.25, -0.2) is 0 Å². The van der Waals surface area contributed by atoms with E-state index in [4.69, 9.17) is 0 Å². The molecule has 4 heteroatoms. The number of carbonyl (C=O) groups excluding carboxylic acids is 2. The lowest BCUT2D eigenvalue weighted by Gasteiger charge is -2.07. The molecule has 0 saturated heterocycles. The molecular formula is C18H20N2O2. The maximum Gasteiger partial charge on any atom is 0.251 e. The van der Waals surface area contributed by atoms with Crippen molar-refractivity contribution >= 4 is 17.5 Å². The fraction of sp³-hybridized carbons (Fsp3) is 0.222. The average molecular weight is 296 g/mol. The molecule has 2 N–H and O–H groups in total. The number of hydrogen-bond donors (Lipinski definition) is 2. The van der Waals surface area contributed by atoms with Crippen molar-refractivity contribution in [2.45, 2.75) is 26.8 Å². The summed E-state index contributed by atoms with van der Waals surface area (Å²) < 4.78 is 0. The van der Waals surface area contributed by atoms with Crippen LogP contribution in [0.2, 0.25) is 0 Å². The molecule has 0 unspecified atom stereocenters. The Labute approximate surface area is 130 Å². The summed E-state index contributed by atoms with van der Waals surface area (Å²) in [5.41, 5.74) is 3.52. The van der Waals surface area contributed by atoms with Crippen molar-refractivity contribution in [3.63, 3.8) is 0 Å². The predicted molar refractivity (Wildman–Crippen MR) is 87.7 cm³/mol. The second-order valence-corrected chi connectivity index (χ2v) is 5.15. The fourth-order valence-electron chi connectivity index (χ4n) is 1.94. The molecule has 0 bridgehead atoms. The van der Waals surface area contributed by atoms with Gasteiger partial charge in [0.05, 0.1) is 0 Å². The van der Waals surface area contributed by atoms with E-state index in [1.165, 1.54) is 5.56 Å². The van der Waals surface area contributed by atoms with Crippen LogP contribution in [-0.2, 0) is 11.3 Å². The minimum Gasteiger partial charge on any atom is -0.348 e. The SMILES string of the molecule is CCC(=O)Nc1ccc(C(=O)NCc2ccc(C)cc2)cc1. The molecule has 114 valence electrons. The fourth-order valence-corrected chi connectivity index (χ4v) is 1.94. The molecule has 0 heterocycles. The van der Waals surface area contributed by atoms with Gasteiger partial charge in [-0.15, -0.1) is 0 Å². The second-order valence-electron chi connectivity index (χ2n) is 5.15. The standard InChI is InChI=1S/C18H20N2O2/c1-3-17(21)20-16-10-8-15(9-11-16)18(22)19-12-14-6-4-13(2)5-7-14/h4-11H,3,12H2,1-2H3,(H,19,22)(H,20,21). The molecule has 0 spiro atoms. The highest BCUT2D eigenvalue weighted by Crippen LogP contribution is 2.10. The van der Waals surface area contributed by atoms with Crippen LogP contribution in [0.25, 0.3) is 0 Å². The van der Waals surface area contributed by atoms with Crippen molar-refractivity contribution in [1.82, 2.24) is 5.32 Å². The van der Waals surface area contributed by atoms with Crippen molar-refractivity contribution in [2.75, 3.05) is 5.32 Å². The van der Waals surface area contributed by atoms with Crippen LogP contribution >= 0.6 is 0 Å². The third kappa shape index (κ3) is 4.45. The van der Waals surface area contributed by atoms with E-state index in [1.807, 2.05) is 31.2 Å². The number of aryl methyl sites for hydroxylation is 1. The zero-order valence-corrected chi connectivity index (χ0v) is 12.8. The van der Waals surface area contributed by atoms with Crippen LogP contribution in [0.15, 0.2) is 48.5 Å². The summed E-state index contributed by atoms with van der Waals surface area (Å²) in [6.07, 6.45) is 0.429. The van der Waals surface area contributed by atoms with Crippen molar-refractivity contribution in [1.29, 1.82) is 0 Å². The number of benzene rings is 2. The van der Waals surface area contributed by atoms with Crippen molar-refractivity contribution in [2.24, 2.45) is 0 Å². The largest absolute Gasteiger partial charge is 0.348 e. The normalized spacial score (nSPS) is 10.1. The third-order valence-corrected chi connectivity index (χ3v) is 3.33. The van der Waals surface area contributed by atoms with E-state index >= 15 is 0 Å². The lowest BCUT2D eigenvalue weighted by Crippen LogP contribution is -2.22. The zero-order chi connectivity index (χ0) is 15.9. The maximum atomic E-state index is 12.1. The zero-order valence-electron chi connectivity index (χ0n) is 12.8. The first-order valence-electron chi connectivity index (χ1n) is 7.32. The predicted octanol–water partition coefficient (Wildman–Crippen LogP) is 3.27. The number of hydrogen-bond acceptors (Lipinski definition) is 2. The van der Waals surface area contributed by atoms with Crippen LogP contribution in [0.5, 0.6) is 0 Å². The minimum absolute atomic E-state index is 0.0448. The van der Waals surface area contributed by atoms with Crippen LogP contribution in [0.3, 0.4) is 0 Å². The van der Waals surface area contributed by atoms with Gasteiger partial charge in [-0.05, 0) is 36.8 Å². The number of anilines is 1. The van der Waals surface area contributed by atoms with E-state index in [-0.39, 0.29) is 11.8 Å². The summed E-state index contributed by atoms with van der Waals surface area (Å²) in [5.74, 6) is -0.175. The average Bonchev–Trinajstić information content (AvgIpc) is 2.54. The third-order valence-electron chi connectivity index (χ3n) is 3.33. The van der Waals surface area contributed by atoms with Crippen LogP contribution in [-0.4, -0.2) is 11.8 Å². The van der Waals surface area contributed by atoms with Gasteiger partial charge in [-0.1, -0.05) is 36.8 Å². The monoisotopic (exact) mass is 296 g/mol. The van der Waals surface area contributed by atoms with Crippen molar-refractivity contribution in [3.05, 3.63) is 65.2 Å². The summed E-state index contributed by atoms with van der Waals surface area (Å²) in [7, 11) is 0. The Bertz CT molecular complexity index is 646. The number of rotatable bonds is 5. The lowest BCUT2D eigenvalue weighted by molar-refractivity contribution is -0.115. The summed E-state index contributed by atoms with van der Waals surface area (Å²) in [6, 6.07) is 14.9. The molecular weight excluding hydrogens is 276 g/mol.